The van der Waals surface area contributed by atoms with E-state index in [1.165, 1.54) is 167 Å². The molecule has 0 aromatic carbocycles. The van der Waals surface area contributed by atoms with Crippen molar-refractivity contribution in [3.8, 4) is 0 Å². The normalized spacial score (nSPS) is 12.3. The van der Waals surface area contributed by atoms with Crippen molar-refractivity contribution in [3.05, 3.63) is 12.2 Å². The largest absolute Gasteiger partial charge is 0.457 e. The third kappa shape index (κ3) is 35.5. The minimum atomic E-state index is -0.529. The van der Waals surface area contributed by atoms with Crippen LogP contribution in [0.25, 0.3) is 0 Å². The van der Waals surface area contributed by atoms with Crippen molar-refractivity contribution in [3.63, 3.8) is 0 Å². The quantitative estimate of drug-likeness (QED) is 0.0437. The van der Waals surface area contributed by atoms with Crippen LogP contribution in [0.5, 0.6) is 0 Å². The molecule has 0 fully saturated rings. The highest BCUT2D eigenvalue weighted by molar-refractivity contribution is 5.69. The average Bonchev–Trinajstić information content (AvgIpc) is 3.01. The average molecular weight is 609 g/mol. The van der Waals surface area contributed by atoms with E-state index in [4.69, 9.17) is 9.47 Å². The zero-order chi connectivity index (χ0) is 31.3. The molecule has 0 aliphatic carbocycles. The van der Waals surface area contributed by atoms with Crippen molar-refractivity contribution in [2.45, 2.75) is 213 Å². The van der Waals surface area contributed by atoms with Crippen molar-refractivity contribution < 1.29 is 19.4 Å². The van der Waals surface area contributed by atoms with Crippen molar-refractivity contribution in [1.82, 2.24) is 0 Å². The number of aliphatic hydroxyl groups is 1. The number of unbranched alkanes of at least 4 members (excludes halogenated alkanes) is 26. The zero-order valence-corrected chi connectivity index (χ0v) is 29.2. The van der Waals surface area contributed by atoms with Gasteiger partial charge < -0.3 is 14.6 Å². The van der Waals surface area contributed by atoms with Gasteiger partial charge >= 0.3 is 5.97 Å². The van der Waals surface area contributed by atoms with Crippen LogP contribution in [0, 0.1) is 0 Å². The molecule has 4 heteroatoms. The number of hydrogen-bond acceptors (Lipinski definition) is 4. The fourth-order valence-corrected chi connectivity index (χ4v) is 5.68. The van der Waals surface area contributed by atoms with Gasteiger partial charge in [-0.05, 0) is 32.1 Å². The van der Waals surface area contributed by atoms with Gasteiger partial charge in [0.05, 0.1) is 13.2 Å². The minimum absolute atomic E-state index is 0.169. The third-order valence-electron chi connectivity index (χ3n) is 8.57. The number of carbonyl (C=O) groups excluding carboxylic acids is 1. The second-order valence-electron chi connectivity index (χ2n) is 13.0. The van der Waals surface area contributed by atoms with Gasteiger partial charge in [0.1, 0.15) is 6.10 Å². The number of aliphatic hydroxyl groups excluding tert-OH is 1. The molecule has 0 saturated carbocycles. The summed E-state index contributed by atoms with van der Waals surface area (Å²) in [7, 11) is 0. The minimum Gasteiger partial charge on any atom is -0.457 e. The van der Waals surface area contributed by atoms with Gasteiger partial charge in [-0.15, -0.1) is 0 Å². The van der Waals surface area contributed by atoms with Crippen LogP contribution >= 0.6 is 0 Å². The smallest absolute Gasteiger partial charge is 0.306 e. The Balaban J connectivity index is 3.37. The fourth-order valence-electron chi connectivity index (χ4n) is 5.68. The summed E-state index contributed by atoms with van der Waals surface area (Å²) in [6, 6.07) is 0. The topological polar surface area (TPSA) is 55.8 Å². The monoisotopic (exact) mass is 609 g/mol. The standard InChI is InChI=1S/C39H76O4/c1-3-5-7-9-11-13-15-16-17-18-19-20-21-22-23-24-26-28-30-32-34-39(41)43-38(36-40)37-42-35-33-31-29-27-25-14-12-10-8-6-4-2/h8,10,38,40H,3-7,9,11-37H2,1-2H3/b10-8-. The first-order valence-electron chi connectivity index (χ1n) is 19.3. The Hall–Kier alpha value is -0.870. The van der Waals surface area contributed by atoms with E-state index in [9.17, 15) is 9.90 Å². The van der Waals surface area contributed by atoms with Crippen LogP contribution in [0.4, 0.5) is 0 Å². The van der Waals surface area contributed by atoms with E-state index in [1.54, 1.807) is 0 Å². The maximum atomic E-state index is 12.1. The van der Waals surface area contributed by atoms with Crippen LogP contribution < -0.4 is 0 Å². The Bertz CT molecular complexity index is 561. The molecule has 0 spiro atoms. The zero-order valence-electron chi connectivity index (χ0n) is 29.2. The number of ether oxygens (including phenoxy) is 2. The van der Waals surface area contributed by atoms with Crippen LogP contribution in [-0.2, 0) is 14.3 Å². The van der Waals surface area contributed by atoms with Crippen LogP contribution in [0.3, 0.4) is 0 Å². The Morgan fingerprint density at radius 2 is 0.953 bits per heavy atom. The van der Waals surface area contributed by atoms with Gasteiger partial charge in [0, 0.05) is 13.0 Å². The van der Waals surface area contributed by atoms with E-state index >= 15 is 0 Å². The van der Waals surface area contributed by atoms with Crippen molar-refractivity contribution in [2.24, 2.45) is 0 Å². The Morgan fingerprint density at radius 3 is 1.42 bits per heavy atom. The third-order valence-corrected chi connectivity index (χ3v) is 8.57. The summed E-state index contributed by atoms with van der Waals surface area (Å²) >= 11 is 0. The summed E-state index contributed by atoms with van der Waals surface area (Å²) in [4.78, 5) is 12.1. The fraction of sp³-hybridized carbons (Fsp3) is 0.923. The van der Waals surface area contributed by atoms with Gasteiger partial charge in [-0.25, -0.2) is 0 Å². The SMILES string of the molecule is CCC/C=C\CCCCCCCCOCC(CO)OC(=O)CCCCCCCCCCCCCCCCCCCCCC. The Labute approximate surface area is 269 Å². The van der Waals surface area contributed by atoms with E-state index in [0.29, 0.717) is 19.6 Å². The number of hydrogen-bond donors (Lipinski definition) is 1. The van der Waals surface area contributed by atoms with Gasteiger partial charge in [0.15, 0.2) is 0 Å². The van der Waals surface area contributed by atoms with E-state index in [1.807, 2.05) is 0 Å². The van der Waals surface area contributed by atoms with Crippen molar-refractivity contribution >= 4 is 5.97 Å². The molecule has 0 radical (unpaired) electrons. The van der Waals surface area contributed by atoms with E-state index in [-0.39, 0.29) is 12.6 Å². The Morgan fingerprint density at radius 1 is 0.535 bits per heavy atom. The summed E-state index contributed by atoms with van der Waals surface area (Å²) in [6.45, 7) is 5.31. The molecule has 4 nitrogen and oxygen atoms in total. The first-order chi connectivity index (χ1) is 21.2. The number of allylic oxidation sites excluding steroid dienone is 2. The van der Waals surface area contributed by atoms with Crippen LogP contribution in [-0.4, -0.2) is 37.0 Å². The molecular formula is C39H76O4. The van der Waals surface area contributed by atoms with Crippen LogP contribution in [0.1, 0.15) is 206 Å². The second-order valence-corrected chi connectivity index (χ2v) is 13.0. The molecule has 0 aromatic heterocycles. The summed E-state index contributed by atoms with van der Waals surface area (Å²) < 4.78 is 11.1. The molecule has 0 amide bonds. The molecule has 0 saturated heterocycles. The highest BCUT2D eigenvalue weighted by atomic mass is 16.6. The molecule has 43 heavy (non-hydrogen) atoms. The molecule has 1 N–H and O–H groups in total. The van der Waals surface area contributed by atoms with Crippen molar-refractivity contribution in [2.75, 3.05) is 19.8 Å². The van der Waals surface area contributed by atoms with E-state index in [2.05, 4.69) is 26.0 Å². The lowest BCUT2D eigenvalue weighted by Crippen LogP contribution is -2.27. The number of carbonyl (C=O) groups is 1. The molecule has 1 atom stereocenters. The molecule has 0 aliphatic rings. The predicted molar refractivity (Wildman–Crippen MR) is 187 cm³/mol. The maximum absolute atomic E-state index is 12.1. The summed E-state index contributed by atoms with van der Waals surface area (Å²) in [5.41, 5.74) is 0. The molecule has 0 aromatic rings. The first-order valence-corrected chi connectivity index (χ1v) is 19.3. The molecule has 1 unspecified atom stereocenters. The van der Waals surface area contributed by atoms with Gasteiger partial charge in [-0.2, -0.15) is 0 Å². The van der Waals surface area contributed by atoms with Crippen LogP contribution in [0.15, 0.2) is 12.2 Å². The number of esters is 1. The van der Waals surface area contributed by atoms with E-state index in [0.717, 1.165) is 19.3 Å². The highest BCUT2D eigenvalue weighted by Gasteiger charge is 2.13. The summed E-state index contributed by atoms with van der Waals surface area (Å²) in [6.07, 6.45) is 42.6. The van der Waals surface area contributed by atoms with Crippen molar-refractivity contribution in [1.29, 1.82) is 0 Å². The molecule has 0 aliphatic heterocycles. The molecule has 0 bridgehead atoms. The number of rotatable bonds is 36. The molecular weight excluding hydrogens is 532 g/mol. The lowest BCUT2D eigenvalue weighted by Gasteiger charge is -2.15. The Kier molecular flexibility index (Phi) is 36.6. The molecule has 0 rings (SSSR count). The lowest BCUT2D eigenvalue weighted by atomic mass is 10.0. The van der Waals surface area contributed by atoms with E-state index < -0.39 is 6.10 Å². The second kappa shape index (κ2) is 37.3. The molecule has 0 heterocycles. The van der Waals surface area contributed by atoms with Gasteiger partial charge in [-0.1, -0.05) is 180 Å². The maximum Gasteiger partial charge on any atom is 0.306 e. The summed E-state index contributed by atoms with van der Waals surface area (Å²) in [5, 5.41) is 9.54. The first kappa shape index (κ1) is 42.1. The van der Waals surface area contributed by atoms with Gasteiger partial charge in [0.25, 0.3) is 0 Å². The van der Waals surface area contributed by atoms with Crippen LogP contribution in [0.2, 0.25) is 0 Å². The highest BCUT2D eigenvalue weighted by Crippen LogP contribution is 2.15. The van der Waals surface area contributed by atoms with Gasteiger partial charge in [-0.3, -0.25) is 4.79 Å². The molecule has 256 valence electrons. The lowest BCUT2D eigenvalue weighted by molar-refractivity contribution is -0.154. The summed E-state index contributed by atoms with van der Waals surface area (Å²) in [5.74, 6) is -0.199. The predicted octanol–water partition coefficient (Wildman–Crippen LogP) is 12.2. The van der Waals surface area contributed by atoms with Gasteiger partial charge in [0.2, 0.25) is 0 Å².